The SMILES string of the molecule is CN(CCCNC(=O)N1CCC2(CCCC2)C1)C(=O)C1CCC1. The Morgan fingerprint density at radius 3 is 2.57 bits per heavy atom. The standard InChI is InChI=1S/C18H31N3O2/c1-20(16(22)15-6-4-7-15)12-5-11-19-17(23)21-13-10-18(14-21)8-2-3-9-18/h15H,2-14H2,1H3,(H,19,23). The zero-order chi connectivity index (χ0) is 16.3. The van der Waals surface area contributed by atoms with Crippen LogP contribution in [0.1, 0.15) is 57.8 Å². The minimum absolute atomic E-state index is 0.0850. The molecule has 3 amide bonds. The lowest BCUT2D eigenvalue weighted by atomic mass is 9.84. The van der Waals surface area contributed by atoms with E-state index in [1.165, 1.54) is 38.5 Å². The summed E-state index contributed by atoms with van der Waals surface area (Å²) in [5.41, 5.74) is 0.437. The van der Waals surface area contributed by atoms with Gasteiger partial charge >= 0.3 is 6.03 Å². The van der Waals surface area contributed by atoms with Crippen LogP contribution in [0.15, 0.2) is 0 Å². The van der Waals surface area contributed by atoms with Gasteiger partial charge in [0.15, 0.2) is 0 Å². The highest BCUT2D eigenvalue weighted by molar-refractivity contribution is 5.79. The molecule has 1 spiro atoms. The van der Waals surface area contributed by atoms with Gasteiger partial charge in [0.25, 0.3) is 0 Å². The van der Waals surface area contributed by atoms with Crippen LogP contribution in [0.3, 0.4) is 0 Å². The first-order valence-corrected chi connectivity index (χ1v) is 9.37. The number of nitrogens with one attached hydrogen (secondary N) is 1. The summed E-state index contributed by atoms with van der Waals surface area (Å²) < 4.78 is 0. The van der Waals surface area contributed by atoms with Crippen molar-refractivity contribution in [2.24, 2.45) is 11.3 Å². The van der Waals surface area contributed by atoms with Gasteiger partial charge in [-0.15, -0.1) is 0 Å². The van der Waals surface area contributed by atoms with Crippen molar-refractivity contribution < 1.29 is 9.59 Å². The van der Waals surface area contributed by atoms with E-state index in [2.05, 4.69) is 5.32 Å². The van der Waals surface area contributed by atoms with Gasteiger partial charge in [0.2, 0.25) is 5.91 Å². The molecule has 0 atom stereocenters. The van der Waals surface area contributed by atoms with Crippen molar-refractivity contribution in [2.75, 3.05) is 33.2 Å². The van der Waals surface area contributed by atoms with Gasteiger partial charge in [-0.1, -0.05) is 19.3 Å². The van der Waals surface area contributed by atoms with Crippen molar-refractivity contribution in [1.29, 1.82) is 0 Å². The Morgan fingerprint density at radius 2 is 1.91 bits per heavy atom. The number of urea groups is 1. The third-order valence-corrected chi connectivity index (χ3v) is 6.17. The molecule has 1 aliphatic heterocycles. The van der Waals surface area contributed by atoms with Crippen LogP contribution in [0.25, 0.3) is 0 Å². The first kappa shape index (κ1) is 16.6. The first-order valence-electron chi connectivity index (χ1n) is 9.37. The van der Waals surface area contributed by atoms with Gasteiger partial charge < -0.3 is 15.1 Å². The summed E-state index contributed by atoms with van der Waals surface area (Å²) in [5, 5.41) is 3.03. The molecule has 1 saturated heterocycles. The molecule has 2 saturated carbocycles. The Hall–Kier alpha value is -1.26. The number of amides is 3. The molecule has 0 bridgehead atoms. The lowest BCUT2D eigenvalue weighted by Crippen LogP contribution is -2.41. The normalized spacial score (nSPS) is 23.1. The van der Waals surface area contributed by atoms with Crippen molar-refractivity contribution in [2.45, 2.75) is 57.8 Å². The Labute approximate surface area is 139 Å². The average molecular weight is 321 g/mol. The van der Waals surface area contributed by atoms with Crippen molar-refractivity contribution in [3.8, 4) is 0 Å². The predicted molar refractivity (Wildman–Crippen MR) is 90.1 cm³/mol. The van der Waals surface area contributed by atoms with Crippen molar-refractivity contribution >= 4 is 11.9 Å². The molecule has 0 radical (unpaired) electrons. The summed E-state index contributed by atoms with van der Waals surface area (Å²) in [7, 11) is 1.88. The molecule has 2 aliphatic carbocycles. The minimum atomic E-state index is 0.0850. The molecule has 1 N–H and O–H groups in total. The van der Waals surface area contributed by atoms with Gasteiger partial charge in [-0.3, -0.25) is 4.79 Å². The molecular weight excluding hydrogens is 290 g/mol. The molecular formula is C18H31N3O2. The number of carbonyl (C=O) groups is 2. The molecule has 3 aliphatic rings. The highest BCUT2D eigenvalue weighted by Gasteiger charge is 2.41. The molecule has 130 valence electrons. The van der Waals surface area contributed by atoms with Gasteiger partial charge in [0, 0.05) is 39.1 Å². The lowest BCUT2D eigenvalue weighted by molar-refractivity contribution is -0.136. The minimum Gasteiger partial charge on any atom is -0.345 e. The number of carbonyl (C=O) groups excluding carboxylic acids is 2. The number of nitrogens with zero attached hydrogens (tertiary/aromatic N) is 2. The molecule has 3 fully saturated rings. The summed E-state index contributed by atoms with van der Waals surface area (Å²) in [6.45, 7) is 3.25. The summed E-state index contributed by atoms with van der Waals surface area (Å²) in [6.07, 6.45) is 10.6. The molecule has 5 heteroatoms. The Kier molecular flexibility index (Phi) is 5.12. The van der Waals surface area contributed by atoms with Gasteiger partial charge in [-0.25, -0.2) is 4.79 Å². The molecule has 0 aromatic carbocycles. The van der Waals surface area contributed by atoms with E-state index in [0.29, 0.717) is 12.0 Å². The van der Waals surface area contributed by atoms with Gasteiger partial charge in [-0.05, 0) is 43.9 Å². The third kappa shape index (κ3) is 3.81. The van der Waals surface area contributed by atoms with Gasteiger partial charge in [-0.2, -0.15) is 0 Å². The number of hydrogen-bond acceptors (Lipinski definition) is 2. The molecule has 3 rings (SSSR count). The van der Waals surface area contributed by atoms with E-state index >= 15 is 0 Å². The highest BCUT2D eigenvalue weighted by Crippen LogP contribution is 2.45. The summed E-state index contributed by atoms with van der Waals surface area (Å²) >= 11 is 0. The lowest BCUT2D eigenvalue weighted by Gasteiger charge is -2.29. The number of hydrogen-bond donors (Lipinski definition) is 1. The van der Waals surface area contributed by atoms with Crippen LogP contribution in [0.5, 0.6) is 0 Å². The zero-order valence-corrected chi connectivity index (χ0v) is 14.5. The summed E-state index contributed by atoms with van der Waals surface area (Å²) in [5.74, 6) is 0.548. The largest absolute Gasteiger partial charge is 0.345 e. The summed E-state index contributed by atoms with van der Waals surface area (Å²) in [4.78, 5) is 28.1. The van der Waals surface area contributed by atoms with E-state index in [0.717, 1.165) is 38.9 Å². The monoisotopic (exact) mass is 321 g/mol. The van der Waals surface area contributed by atoms with Crippen LogP contribution in [-0.4, -0.2) is 55.0 Å². The van der Waals surface area contributed by atoms with Crippen LogP contribution >= 0.6 is 0 Å². The van der Waals surface area contributed by atoms with E-state index in [4.69, 9.17) is 0 Å². The second-order valence-electron chi connectivity index (χ2n) is 7.85. The Bertz CT molecular complexity index is 442. The van der Waals surface area contributed by atoms with Crippen LogP contribution in [-0.2, 0) is 4.79 Å². The van der Waals surface area contributed by atoms with Gasteiger partial charge in [0.1, 0.15) is 0 Å². The first-order chi connectivity index (χ1) is 11.1. The molecule has 5 nitrogen and oxygen atoms in total. The third-order valence-electron chi connectivity index (χ3n) is 6.17. The molecule has 0 unspecified atom stereocenters. The second kappa shape index (κ2) is 7.10. The van der Waals surface area contributed by atoms with Crippen molar-refractivity contribution in [1.82, 2.24) is 15.1 Å². The Balaban J connectivity index is 1.31. The second-order valence-corrected chi connectivity index (χ2v) is 7.85. The molecule has 23 heavy (non-hydrogen) atoms. The fourth-order valence-corrected chi connectivity index (χ4v) is 4.34. The maximum absolute atomic E-state index is 12.3. The average Bonchev–Trinajstić information content (AvgIpc) is 3.12. The van der Waals surface area contributed by atoms with E-state index in [1.807, 2.05) is 16.8 Å². The fourth-order valence-electron chi connectivity index (χ4n) is 4.34. The van der Waals surface area contributed by atoms with Crippen LogP contribution in [0.2, 0.25) is 0 Å². The van der Waals surface area contributed by atoms with E-state index in [9.17, 15) is 9.59 Å². The van der Waals surface area contributed by atoms with E-state index < -0.39 is 0 Å². The quantitative estimate of drug-likeness (QED) is 0.791. The maximum Gasteiger partial charge on any atom is 0.317 e. The topological polar surface area (TPSA) is 52.7 Å². The van der Waals surface area contributed by atoms with E-state index in [1.54, 1.807) is 0 Å². The molecule has 1 heterocycles. The van der Waals surface area contributed by atoms with Gasteiger partial charge in [0.05, 0.1) is 0 Å². The predicted octanol–water partition coefficient (Wildman–Crippen LogP) is 2.61. The molecule has 0 aromatic rings. The maximum atomic E-state index is 12.3. The number of likely N-dealkylation sites (tertiary alicyclic amines) is 1. The van der Waals surface area contributed by atoms with Crippen LogP contribution in [0, 0.1) is 11.3 Å². The molecule has 0 aromatic heterocycles. The highest BCUT2D eigenvalue weighted by atomic mass is 16.2. The van der Waals surface area contributed by atoms with Crippen LogP contribution in [0.4, 0.5) is 4.79 Å². The zero-order valence-electron chi connectivity index (χ0n) is 14.5. The Morgan fingerprint density at radius 1 is 1.17 bits per heavy atom. The number of rotatable bonds is 5. The van der Waals surface area contributed by atoms with Crippen molar-refractivity contribution in [3.63, 3.8) is 0 Å². The van der Waals surface area contributed by atoms with E-state index in [-0.39, 0.29) is 17.9 Å². The summed E-state index contributed by atoms with van der Waals surface area (Å²) in [6, 6.07) is 0.0850. The fraction of sp³-hybridized carbons (Fsp3) is 0.889. The van der Waals surface area contributed by atoms with Crippen molar-refractivity contribution in [3.05, 3.63) is 0 Å². The van der Waals surface area contributed by atoms with Crippen LogP contribution < -0.4 is 5.32 Å². The smallest absolute Gasteiger partial charge is 0.317 e.